The molecule has 6 nitrogen and oxygen atoms in total. The van der Waals surface area contributed by atoms with Crippen molar-refractivity contribution in [3.8, 4) is 0 Å². The van der Waals surface area contributed by atoms with Gasteiger partial charge in [0.05, 0.1) is 13.5 Å². The van der Waals surface area contributed by atoms with Crippen LogP contribution in [0.4, 0.5) is 8.78 Å². The first-order valence-corrected chi connectivity index (χ1v) is 8.00. The second-order valence-corrected chi connectivity index (χ2v) is 6.70. The fraction of sp³-hybridized carbons (Fsp3) is 0.588. The molecule has 0 bridgehead atoms. The second kappa shape index (κ2) is 6.60. The summed E-state index contributed by atoms with van der Waals surface area (Å²) in [6.45, 7) is 3.46. The Morgan fingerprint density at radius 2 is 2.00 bits per heavy atom. The molecule has 1 aromatic carbocycles. The number of carbonyl (C=O) groups is 1. The van der Waals surface area contributed by atoms with Crippen molar-refractivity contribution >= 4 is 5.97 Å². The molecule has 0 radical (unpaired) electrons. The molecule has 0 aromatic heterocycles. The zero-order valence-electron chi connectivity index (χ0n) is 14.2. The lowest BCUT2D eigenvalue weighted by atomic mass is 9.97. The van der Waals surface area contributed by atoms with Crippen LogP contribution in [0.5, 0.6) is 0 Å². The summed E-state index contributed by atoms with van der Waals surface area (Å²) >= 11 is 0. The molecule has 2 aliphatic rings. The highest BCUT2D eigenvalue weighted by molar-refractivity contribution is 5.70. The molecule has 3 rings (SSSR count). The van der Waals surface area contributed by atoms with E-state index in [-0.39, 0.29) is 12.0 Å². The molecule has 138 valence electrons. The molecule has 0 unspecified atom stereocenters. The van der Waals surface area contributed by atoms with E-state index in [1.54, 1.807) is 13.8 Å². The van der Waals surface area contributed by atoms with Crippen molar-refractivity contribution in [1.29, 1.82) is 0 Å². The first kappa shape index (κ1) is 18.2. The summed E-state index contributed by atoms with van der Waals surface area (Å²) in [5.74, 6) is -2.81. The molecule has 5 atom stereocenters. The molecule has 25 heavy (non-hydrogen) atoms. The predicted molar refractivity (Wildman–Crippen MR) is 82.4 cm³/mol. The molecule has 8 heteroatoms. The van der Waals surface area contributed by atoms with E-state index in [2.05, 4.69) is 4.74 Å². The molecular weight excluding hydrogens is 336 g/mol. The number of esters is 1. The van der Waals surface area contributed by atoms with Crippen LogP contribution >= 0.6 is 0 Å². The van der Waals surface area contributed by atoms with Crippen LogP contribution in [-0.2, 0) is 23.7 Å². The van der Waals surface area contributed by atoms with Gasteiger partial charge in [-0.1, -0.05) is 6.07 Å². The van der Waals surface area contributed by atoms with Crippen LogP contribution in [-0.4, -0.2) is 43.2 Å². The summed E-state index contributed by atoms with van der Waals surface area (Å²) in [7, 11) is 1.27. The number of methoxy groups -OCH3 is 1. The molecule has 0 amide bonds. The van der Waals surface area contributed by atoms with Crippen LogP contribution in [0.3, 0.4) is 0 Å². The van der Waals surface area contributed by atoms with Gasteiger partial charge in [-0.25, -0.2) is 8.78 Å². The summed E-state index contributed by atoms with van der Waals surface area (Å²) in [6, 6.07) is 2.54. The van der Waals surface area contributed by atoms with Crippen LogP contribution in [0, 0.1) is 11.6 Å². The number of fused-ring (bicyclic) bond motifs is 1. The van der Waals surface area contributed by atoms with Crippen molar-refractivity contribution in [2.45, 2.75) is 56.5 Å². The Kier molecular flexibility index (Phi) is 4.80. The minimum atomic E-state index is -0.906. The third-order valence-electron chi connectivity index (χ3n) is 4.41. The highest BCUT2D eigenvalue weighted by atomic mass is 19.1. The Labute approximate surface area is 144 Å². The summed E-state index contributed by atoms with van der Waals surface area (Å²) in [5.41, 5.74) is 6.25. The van der Waals surface area contributed by atoms with Gasteiger partial charge in [-0.05, 0) is 19.9 Å². The zero-order chi connectivity index (χ0) is 18.4. The average Bonchev–Trinajstić information content (AvgIpc) is 3.00. The third-order valence-corrected chi connectivity index (χ3v) is 4.41. The fourth-order valence-electron chi connectivity index (χ4n) is 3.35. The maximum Gasteiger partial charge on any atom is 0.307 e. The quantitative estimate of drug-likeness (QED) is 0.828. The van der Waals surface area contributed by atoms with E-state index in [0.29, 0.717) is 0 Å². The minimum absolute atomic E-state index is 0.0766. The summed E-state index contributed by atoms with van der Waals surface area (Å²) in [6.07, 6.45) is -2.79. The van der Waals surface area contributed by atoms with Crippen LogP contribution in [0.1, 0.15) is 31.9 Å². The number of rotatable bonds is 4. The molecule has 2 N–H and O–H groups in total. The summed E-state index contributed by atoms with van der Waals surface area (Å²) in [5, 5.41) is 0. The molecule has 0 saturated carbocycles. The van der Waals surface area contributed by atoms with Gasteiger partial charge in [0.15, 0.2) is 5.79 Å². The van der Waals surface area contributed by atoms with Crippen molar-refractivity contribution in [3.63, 3.8) is 0 Å². The molecule has 2 saturated heterocycles. The summed E-state index contributed by atoms with van der Waals surface area (Å²) < 4.78 is 49.7. The third kappa shape index (κ3) is 3.52. The Balaban J connectivity index is 1.89. The van der Waals surface area contributed by atoms with E-state index in [9.17, 15) is 13.6 Å². The van der Waals surface area contributed by atoms with Gasteiger partial charge in [0.2, 0.25) is 0 Å². The molecule has 1 aromatic rings. The topological polar surface area (TPSA) is 80.0 Å². The van der Waals surface area contributed by atoms with Gasteiger partial charge in [0, 0.05) is 17.7 Å². The van der Waals surface area contributed by atoms with Crippen molar-refractivity contribution in [2.75, 3.05) is 7.11 Å². The van der Waals surface area contributed by atoms with Gasteiger partial charge in [0.25, 0.3) is 0 Å². The van der Waals surface area contributed by atoms with Crippen molar-refractivity contribution in [1.82, 2.24) is 0 Å². The molecular formula is C17H21F2NO5. The number of carbonyl (C=O) groups excluding carboxylic acids is 1. The highest BCUT2D eigenvalue weighted by Crippen LogP contribution is 2.46. The second-order valence-electron chi connectivity index (χ2n) is 6.70. The number of halogens is 2. The zero-order valence-corrected chi connectivity index (χ0v) is 14.2. The van der Waals surface area contributed by atoms with Gasteiger partial charge in [-0.3, -0.25) is 4.79 Å². The maximum absolute atomic E-state index is 14.2. The highest BCUT2D eigenvalue weighted by Gasteiger charge is 2.57. The first-order chi connectivity index (χ1) is 11.7. The maximum atomic E-state index is 14.2. The van der Waals surface area contributed by atoms with E-state index in [4.69, 9.17) is 19.9 Å². The van der Waals surface area contributed by atoms with E-state index in [0.717, 1.165) is 12.1 Å². The van der Waals surface area contributed by atoms with Gasteiger partial charge in [-0.15, -0.1) is 0 Å². The molecule has 0 aliphatic carbocycles. The molecule has 2 heterocycles. The van der Waals surface area contributed by atoms with Gasteiger partial charge in [-0.2, -0.15) is 0 Å². The Morgan fingerprint density at radius 1 is 1.32 bits per heavy atom. The van der Waals surface area contributed by atoms with Crippen molar-refractivity contribution in [2.24, 2.45) is 5.73 Å². The Morgan fingerprint density at radius 3 is 2.64 bits per heavy atom. The van der Waals surface area contributed by atoms with Crippen molar-refractivity contribution < 1.29 is 32.5 Å². The average molecular weight is 357 g/mol. The molecule has 2 aliphatic heterocycles. The number of hydrogen-bond donors (Lipinski definition) is 1. The largest absolute Gasteiger partial charge is 0.469 e. The lowest BCUT2D eigenvalue weighted by Crippen LogP contribution is -2.44. The lowest BCUT2D eigenvalue weighted by Gasteiger charge is -2.27. The van der Waals surface area contributed by atoms with Gasteiger partial charge >= 0.3 is 5.97 Å². The van der Waals surface area contributed by atoms with E-state index in [1.165, 1.54) is 13.2 Å². The minimum Gasteiger partial charge on any atom is -0.469 e. The van der Waals surface area contributed by atoms with Crippen LogP contribution in [0.25, 0.3) is 0 Å². The standard InChI is InChI=1S/C17H21F2NO5/c1-17(2)24-15-13(9-5-4-8(18)6-10(9)19)23-14(16(15)25-17)11(20)7-12(21)22-3/h4-6,11,13-16H,7,20H2,1-3H3/t11-,13+,14-,15-,16+/m1/s1. The number of ether oxygens (including phenoxy) is 4. The molecule has 0 spiro atoms. The van der Waals surface area contributed by atoms with E-state index >= 15 is 0 Å². The lowest BCUT2D eigenvalue weighted by molar-refractivity contribution is -0.190. The fourth-order valence-corrected chi connectivity index (χ4v) is 3.35. The normalized spacial score (nSPS) is 31.6. The first-order valence-electron chi connectivity index (χ1n) is 8.00. The van der Waals surface area contributed by atoms with Crippen molar-refractivity contribution in [3.05, 3.63) is 35.4 Å². The SMILES string of the molecule is COC(=O)C[C@@H](N)[C@H]1O[C@@H](c2ccc(F)cc2F)[C@H]2OC(C)(C)O[C@@H]12. The number of hydrogen-bond acceptors (Lipinski definition) is 6. The number of benzene rings is 1. The van der Waals surface area contributed by atoms with Crippen LogP contribution in [0.15, 0.2) is 18.2 Å². The Hall–Kier alpha value is -1.61. The van der Waals surface area contributed by atoms with Crippen LogP contribution in [0.2, 0.25) is 0 Å². The molecule has 2 fully saturated rings. The monoisotopic (exact) mass is 357 g/mol. The van der Waals surface area contributed by atoms with E-state index in [1.807, 2.05) is 0 Å². The van der Waals surface area contributed by atoms with Gasteiger partial charge < -0.3 is 24.7 Å². The predicted octanol–water partition coefficient (Wildman–Crippen LogP) is 1.82. The smallest absolute Gasteiger partial charge is 0.307 e. The number of nitrogens with two attached hydrogens (primary N) is 1. The van der Waals surface area contributed by atoms with Crippen LogP contribution < -0.4 is 5.73 Å². The van der Waals surface area contributed by atoms with E-state index < -0.39 is 53.8 Å². The Bertz CT molecular complexity index is 668. The summed E-state index contributed by atoms with van der Waals surface area (Å²) in [4.78, 5) is 11.5. The van der Waals surface area contributed by atoms with Gasteiger partial charge in [0.1, 0.15) is 36.1 Å².